The maximum absolute atomic E-state index is 9.95. The van der Waals surface area contributed by atoms with Gasteiger partial charge in [-0.1, -0.05) is 19.3 Å². The van der Waals surface area contributed by atoms with Crippen LogP contribution in [-0.4, -0.2) is 34.7 Å². The van der Waals surface area contributed by atoms with Gasteiger partial charge in [-0.3, -0.25) is 4.90 Å². The standard InChI is InChI=1S/C12H25NO/c1-10(12(2,3)14)13(4)11-8-6-5-7-9-11/h10-11,14H,5-9H2,1-4H3. The van der Waals surface area contributed by atoms with Gasteiger partial charge in [0.2, 0.25) is 0 Å². The summed E-state index contributed by atoms with van der Waals surface area (Å²) in [5.74, 6) is 0. The van der Waals surface area contributed by atoms with Crippen molar-refractivity contribution in [2.45, 2.75) is 70.6 Å². The summed E-state index contributed by atoms with van der Waals surface area (Å²) in [6.45, 7) is 5.92. The monoisotopic (exact) mass is 199 g/mol. The van der Waals surface area contributed by atoms with Gasteiger partial charge in [0.05, 0.1) is 5.60 Å². The van der Waals surface area contributed by atoms with Gasteiger partial charge in [0.15, 0.2) is 0 Å². The zero-order valence-corrected chi connectivity index (χ0v) is 10.1. The van der Waals surface area contributed by atoms with Gasteiger partial charge in [-0.15, -0.1) is 0 Å². The Morgan fingerprint density at radius 2 is 1.71 bits per heavy atom. The Bertz CT molecular complexity index is 168. The second kappa shape index (κ2) is 4.63. The molecule has 1 N–H and O–H groups in total. The molecule has 0 spiro atoms. The highest BCUT2D eigenvalue weighted by Gasteiger charge is 2.30. The fourth-order valence-electron chi connectivity index (χ4n) is 2.30. The highest BCUT2D eigenvalue weighted by Crippen LogP contribution is 2.25. The lowest BCUT2D eigenvalue weighted by Gasteiger charge is -2.40. The zero-order chi connectivity index (χ0) is 10.8. The normalized spacial score (nSPS) is 22.7. The molecule has 1 rings (SSSR count). The second-order valence-electron chi connectivity index (χ2n) is 5.29. The summed E-state index contributed by atoms with van der Waals surface area (Å²) in [6, 6.07) is 0.927. The van der Waals surface area contributed by atoms with Crippen LogP contribution in [0.25, 0.3) is 0 Å². The summed E-state index contributed by atoms with van der Waals surface area (Å²) in [6.07, 6.45) is 6.70. The van der Waals surface area contributed by atoms with Crippen molar-refractivity contribution in [1.29, 1.82) is 0 Å². The highest BCUT2D eigenvalue weighted by molar-refractivity contribution is 4.85. The molecule has 1 atom stereocenters. The minimum atomic E-state index is -0.591. The first kappa shape index (κ1) is 12.0. The van der Waals surface area contributed by atoms with Gasteiger partial charge in [0, 0.05) is 12.1 Å². The predicted octanol–water partition coefficient (Wildman–Crippen LogP) is 2.41. The van der Waals surface area contributed by atoms with E-state index in [0.717, 1.165) is 0 Å². The molecule has 1 aliphatic carbocycles. The van der Waals surface area contributed by atoms with Crippen LogP contribution < -0.4 is 0 Å². The lowest BCUT2D eigenvalue weighted by molar-refractivity contribution is -0.0224. The molecule has 0 aromatic carbocycles. The van der Waals surface area contributed by atoms with E-state index in [2.05, 4.69) is 18.9 Å². The third-order valence-corrected chi connectivity index (χ3v) is 3.78. The van der Waals surface area contributed by atoms with Gasteiger partial charge in [-0.25, -0.2) is 0 Å². The molecule has 0 saturated heterocycles. The first-order valence-corrected chi connectivity index (χ1v) is 5.87. The predicted molar refractivity (Wildman–Crippen MR) is 60.4 cm³/mol. The fraction of sp³-hybridized carbons (Fsp3) is 1.00. The van der Waals surface area contributed by atoms with E-state index in [4.69, 9.17) is 0 Å². The van der Waals surface area contributed by atoms with Crippen LogP contribution in [0.3, 0.4) is 0 Å². The molecule has 84 valence electrons. The van der Waals surface area contributed by atoms with E-state index in [-0.39, 0.29) is 6.04 Å². The Labute approximate surface area is 88.3 Å². The Kier molecular flexibility index (Phi) is 3.96. The molecule has 1 unspecified atom stereocenters. The van der Waals surface area contributed by atoms with Crippen molar-refractivity contribution in [1.82, 2.24) is 4.90 Å². The van der Waals surface area contributed by atoms with Crippen LogP contribution in [-0.2, 0) is 0 Å². The molecule has 1 saturated carbocycles. The van der Waals surface area contributed by atoms with E-state index in [1.807, 2.05) is 13.8 Å². The molecule has 14 heavy (non-hydrogen) atoms. The van der Waals surface area contributed by atoms with Crippen molar-refractivity contribution >= 4 is 0 Å². The molecule has 0 heterocycles. The quantitative estimate of drug-likeness (QED) is 0.754. The number of hydrogen-bond acceptors (Lipinski definition) is 2. The van der Waals surface area contributed by atoms with Gasteiger partial charge in [-0.05, 0) is 40.7 Å². The van der Waals surface area contributed by atoms with Crippen LogP contribution in [0.1, 0.15) is 52.9 Å². The Hall–Kier alpha value is -0.0800. The Balaban J connectivity index is 2.50. The van der Waals surface area contributed by atoms with Crippen LogP contribution in [0.15, 0.2) is 0 Å². The van der Waals surface area contributed by atoms with Crippen LogP contribution in [0.2, 0.25) is 0 Å². The molecule has 1 aliphatic rings. The van der Waals surface area contributed by atoms with E-state index >= 15 is 0 Å². The average Bonchev–Trinajstić information content (AvgIpc) is 2.15. The third-order valence-electron chi connectivity index (χ3n) is 3.78. The molecule has 0 radical (unpaired) electrons. The van der Waals surface area contributed by atoms with Crippen LogP contribution in [0, 0.1) is 0 Å². The summed E-state index contributed by atoms with van der Waals surface area (Å²) in [7, 11) is 2.15. The molecular weight excluding hydrogens is 174 g/mol. The summed E-state index contributed by atoms with van der Waals surface area (Å²) in [5.41, 5.74) is -0.591. The highest BCUT2D eigenvalue weighted by atomic mass is 16.3. The van der Waals surface area contributed by atoms with Crippen molar-refractivity contribution in [2.24, 2.45) is 0 Å². The summed E-state index contributed by atoms with van der Waals surface area (Å²) in [5, 5.41) is 9.95. The molecule has 0 aromatic rings. The van der Waals surface area contributed by atoms with Gasteiger partial charge in [0.1, 0.15) is 0 Å². The van der Waals surface area contributed by atoms with Gasteiger partial charge >= 0.3 is 0 Å². The third kappa shape index (κ3) is 2.96. The van der Waals surface area contributed by atoms with Crippen LogP contribution >= 0.6 is 0 Å². The fourth-order valence-corrected chi connectivity index (χ4v) is 2.30. The maximum atomic E-state index is 9.95. The maximum Gasteiger partial charge on any atom is 0.0743 e. The van der Waals surface area contributed by atoms with Crippen molar-refractivity contribution < 1.29 is 5.11 Å². The molecule has 0 aromatic heterocycles. The minimum Gasteiger partial charge on any atom is -0.389 e. The average molecular weight is 199 g/mol. The first-order chi connectivity index (χ1) is 6.43. The second-order valence-corrected chi connectivity index (χ2v) is 5.29. The van der Waals surface area contributed by atoms with Gasteiger partial charge in [-0.2, -0.15) is 0 Å². The van der Waals surface area contributed by atoms with Gasteiger partial charge < -0.3 is 5.11 Å². The number of nitrogens with zero attached hydrogens (tertiary/aromatic N) is 1. The minimum absolute atomic E-state index is 0.241. The summed E-state index contributed by atoms with van der Waals surface area (Å²) in [4.78, 5) is 2.36. The number of rotatable bonds is 3. The molecule has 0 aliphatic heterocycles. The summed E-state index contributed by atoms with van der Waals surface area (Å²) >= 11 is 0. The van der Waals surface area contributed by atoms with Crippen molar-refractivity contribution in [3.05, 3.63) is 0 Å². The SMILES string of the molecule is CC(N(C)C1CCCCC1)C(C)(C)O. The van der Waals surface area contributed by atoms with Gasteiger partial charge in [0.25, 0.3) is 0 Å². The van der Waals surface area contributed by atoms with Crippen LogP contribution in [0.5, 0.6) is 0 Å². The lowest BCUT2D eigenvalue weighted by Crippen LogP contribution is -2.50. The first-order valence-electron chi connectivity index (χ1n) is 5.87. The number of aliphatic hydroxyl groups is 1. The van der Waals surface area contributed by atoms with Crippen LogP contribution in [0.4, 0.5) is 0 Å². The van der Waals surface area contributed by atoms with Crippen molar-refractivity contribution in [2.75, 3.05) is 7.05 Å². The Morgan fingerprint density at radius 3 is 2.14 bits per heavy atom. The zero-order valence-electron chi connectivity index (χ0n) is 10.1. The van der Waals surface area contributed by atoms with E-state index < -0.39 is 5.60 Å². The van der Waals surface area contributed by atoms with E-state index in [9.17, 15) is 5.11 Å². The smallest absolute Gasteiger partial charge is 0.0743 e. The molecular formula is C12H25NO. The lowest BCUT2D eigenvalue weighted by atomic mass is 9.91. The molecule has 0 bridgehead atoms. The van der Waals surface area contributed by atoms with E-state index in [1.165, 1.54) is 32.1 Å². The number of hydrogen-bond donors (Lipinski definition) is 1. The van der Waals surface area contributed by atoms with Crippen molar-refractivity contribution in [3.63, 3.8) is 0 Å². The number of likely N-dealkylation sites (N-methyl/N-ethyl adjacent to an activating group) is 1. The topological polar surface area (TPSA) is 23.5 Å². The molecule has 1 fully saturated rings. The van der Waals surface area contributed by atoms with E-state index in [1.54, 1.807) is 0 Å². The summed E-state index contributed by atoms with van der Waals surface area (Å²) < 4.78 is 0. The molecule has 2 heteroatoms. The van der Waals surface area contributed by atoms with E-state index in [0.29, 0.717) is 6.04 Å². The van der Waals surface area contributed by atoms with Crippen molar-refractivity contribution in [3.8, 4) is 0 Å². The largest absolute Gasteiger partial charge is 0.389 e. The Morgan fingerprint density at radius 1 is 1.21 bits per heavy atom. The molecule has 0 amide bonds. The molecule has 2 nitrogen and oxygen atoms in total.